The highest BCUT2D eigenvalue weighted by molar-refractivity contribution is 7.91. The first kappa shape index (κ1) is 20.8. The van der Waals surface area contributed by atoms with Gasteiger partial charge in [-0.25, -0.2) is 8.42 Å². The lowest BCUT2D eigenvalue weighted by molar-refractivity contribution is 0.0731. The van der Waals surface area contributed by atoms with E-state index in [2.05, 4.69) is 27.8 Å². The Morgan fingerprint density at radius 1 is 1.14 bits per heavy atom. The molecule has 7 nitrogen and oxygen atoms in total. The quantitative estimate of drug-likeness (QED) is 0.524. The molecule has 0 aliphatic carbocycles. The van der Waals surface area contributed by atoms with E-state index in [-0.39, 0.29) is 0 Å². The zero-order chi connectivity index (χ0) is 19.8. The fourth-order valence-corrected chi connectivity index (χ4v) is 5.73. The van der Waals surface area contributed by atoms with Crippen LogP contribution in [0.5, 0.6) is 0 Å². The fraction of sp³-hybridized carbons (Fsp3) is 0.421. The summed E-state index contributed by atoms with van der Waals surface area (Å²) in [6.45, 7) is 3.00. The predicted octanol–water partition coefficient (Wildman–Crippen LogP) is 1.68. The van der Waals surface area contributed by atoms with Crippen LogP contribution in [0.3, 0.4) is 0 Å². The molecular formula is C19H26N4O3S2. The zero-order valence-corrected chi connectivity index (χ0v) is 17.6. The predicted molar refractivity (Wildman–Crippen MR) is 112 cm³/mol. The molecule has 1 saturated heterocycles. The Morgan fingerprint density at radius 3 is 2.61 bits per heavy atom. The second-order valence-corrected chi connectivity index (χ2v) is 9.66. The van der Waals surface area contributed by atoms with Crippen molar-refractivity contribution in [2.45, 2.75) is 17.2 Å². The van der Waals surface area contributed by atoms with Crippen molar-refractivity contribution in [2.24, 2.45) is 4.99 Å². The number of rotatable bonds is 7. The van der Waals surface area contributed by atoms with Gasteiger partial charge in [-0.15, -0.1) is 11.3 Å². The Balaban J connectivity index is 1.50. The van der Waals surface area contributed by atoms with E-state index >= 15 is 0 Å². The van der Waals surface area contributed by atoms with Gasteiger partial charge >= 0.3 is 0 Å². The fourth-order valence-electron chi connectivity index (χ4n) is 2.87. The van der Waals surface area contributed by atoms with E-state index in [0.717, 1.165) is 17.8 Å². The lowest BCUT2D eigenvalue weighted by atomic mass is 10.1. The Kier molecular flexibility index (Phi) is 7.43. The van der Waals surface area contributed by atoms with Crippen LogP contribution in [0.4, 0.5) is 0 Å². The largest absolute Gasteiger partial charge is 0.379 e. The van der Waals surface area contributed by atoms with E-state index in [9.17, 15) is 8.42 Å². The Labute approximate surface area is 170 Å². The van der Waals surface area contributed by atoms with Gasteiger partial charge in [0.2, 0.25) is 0 Å². The van der Waals surface area contributed by atoms with Crippen molar-refractivity contribution < 1.29 is 13.2 Å². The average Bonchev–Trinajstić information content (AvgIpc) is 3.22. The highest BCUT2D eigenvalue weighted by Gasteiger charge is 2.27. The van der Waals surface area contributed by atoms with Gasteiger partial charge in [0.25, 0.3) is 10.0 Å². The van der Waals surface area contributed by atoms with E-state index in [1.54, 1.807) is 13.1 Å². The Bertz CT molecular complexity index is 876. The number of sulfonamides is 1. The summed E-state index contributed by atoms with van der Waals surface area (Å²) in [5.41, 5.74) is 1.27. The van der Waals surface area contributed by atoms with Gasteiger partial charge in [-0.05, 0) is 24.1 Å². The van der Waals surface area contributed by atoms with Crippen molar-refractivity contribution in [1.29, 1.82) is 0 Å². The molecule has 0 atom stereocenters. The van der Waals surface area contributed by atoms with Crippen LogP contribution in [-0.2, 0) is 27.7 Å². The van der Waals surface area contributed by atoms with Crippen LogP contribution < -0.4 is 10.6 Å². The summed E-state index contributed by atoms with van der Waals surface area (Å²) >= 11 is 1.29. The minimum Gasteiger partial charge on any atom is -0.379 e. The maximum atomic E-state index is 12.7. The molecule has 9 heteroatoms. The smallest absolute Gasteiger partial charge is 0.252 e. The third-order valence-electron chi connectivity index (χ3n) is 4.40. The first-order valence-electron chi connectivity index (χ1n) is 9.24. The van der Waals surface area contributed by atoms with Crippen molar-refractivity contribution in [2.75, 3.05) is 39.9 Å². The number of benzene rings is 1. The van der Waals surface area contributed by atoms with Crippen LogP contribution in [0.15, 0.2) is 51.7 Å². The van der Waals surface area contributed by atoms with Crippen molar-refractivity contribution in [3.8, 4) is 0 Å². The lowest BCUT2D eigenvalue weighted by Crippen LogP contribution is -2.40. The van der Waals surface area contributed by atoms with Crippen LogP contribution in [0, 0.1) is 0 Å². The third kappa shape index (κ3) is 5.54. The van der Waals surface area contributed by atoms with Gasteiger partial charge in [0.15, 0.2) is 5.96 Å². The minimum atomic E-state index is -3.43. The van der Waals surface area contributed by atoms with Gasteiger partial charge in [0.05, 0.1) is 19.8 Å². The third-order valence-corrected chi connectivity index (χ3v) is 7.86. The summed E-state index contributed by atoms with van der Waals surface area (Å²) in [5, 5.41) is 6.52. The SMILES string of the molecule is CN=C(NCCc1ccccc1)NCc1ccc(S(=O)(=O)N2CCOCC2)s1. The molecular weight excluding hydrogens is 396 g/mol. The van der Waals surface area contributed by atoms with Gasteiger partial charge in [-0.2, -0.15) is 4.31 Å². The molecule has 0 spiro atoms. The lowest BCUT2D eigenvalue weighted by Gasteiger charge is -2.25. The molecule has 0 unspecified atom stereocenters. The molecule has 1 aliphatic heterocycles. The van der Waals surface area contributed by atoms with E-state index < -0.39 is 10.0 Å². The second-order valence-electron chi connectivity index (χ2n) is 6.33. The zero-order valence-electron chi connectivity index (χ0n) is 15.9. The van der Waals surface area contributed by atoms with Gasteiger partial charge in [0, 0.05) is 31.6 Å². The number of ether oxygens (including phenoxy) is 1. The number of thiophene rings is 1. The molecule has 0 amide bonds. The summed E-state index contributed by atoms with van der Waals surface area (Å²) in [6, 6.07) is 13.8. The molecule has 1 fully saturated rings. The second kappa shape index (κ2) is 10.0. The summed E-state index contributed by atoms with van der Waals surface area (Å²) in [5.74, 6) is 0.696. The number of guanidine groups is 1. The Morgan fingerprint density at radius 2 is 1.89 bits per heavy atom. The van der Waals surface area contributed by atoms with Gasteiger partial charge < -0.3 is 15.4 Å². The number of hydrogen-bond donors (Lipinski definition) is 2. The van der Waals surface area contributed by atoms with E-state index in [0.29, 0.717) is 43.0 Å². The van der Waals surface area contributed by atoms with Crippen LogP contribution >= 0.6 is 11.3 Å². The molecule has 3 rings (SSSR count). The number of aliphatic imine (C=N–C) groups is 1. The molecule has 1 aromatic heterocycles. The van der Waals surface area contributed by atoms with Gasteiger partial charge in [-0.1, -0.05) is 30.3 Å². The number of hydrogen-bond acceptors (Lipinski definition) is 5. The van der Waals surface area contributed by atoms with Crippen molar-refractivity contribution >= 4 is 27.3 Å². The van der Waals surface area contributed by atoms with E-state index in [1.165, 1.54) is 21.2 Å². The maximum Gasteiger partial charge on any atom is 0.252 e. The molecule has 0 radical (unpaired) electrons. The summed E-state index contributed by atoms with van der Waals surface area (Å²) < 4.78 is 32.5. The van der Waals surface area contributed by atoms with Crippen LogP contribution in [0.25, 0.3) is 0 Å². The summed E-state index contributed by atoms with van der Waals surface area (Å²) in [7, 11) is -1.71. The average molecular weight is 423 g/mol. The highest BCUT2D eigenvalue weighted by Crippen LogP contribution is 2.25. The maximum absolute atomic E-state index is 12.7. The summed E-state index contributed by atoms with van der Waals surface area (Å²) in [6.07, 6.45) is 0.905. The van der Waals surface area contributed by atoms with E-state index in [4.69, 9.17) is 4.74 Å². The van der Waals surface area contributed by atoms with Crippen LogP contribution in [0.2, 0.25) is 0 Å². The molecule has 152 valence electrons. The summed E-state index contributed by atoms with van der Waals surface area (Å²) in [4.78, 5) is 5.16. The number of morpholine rings is 1. The van der Waals surface area contributed by atoms with Crippen molar-refractivity contribution in [3.05, 3.63) is 52.9 Å². The minimum absolute atomic E-state index is 0.373. The van der Waals surface area contributed by atoms with E-state index in [1.807, 2.05) is 24.3 Å². The van der Waals surface area contributed by atoms with Crippen molar-refractivity contribution in [1.82, 2.24) is 14.9 Å². The van der Waals surface area contributed by atoms with Gasteiger partial charge in [-0.3, -0.25) is 4.99 Å². The standard InChI is InChI=1S/C19H26N4O3S2/c1-20-19(21-10-9-16-5-3-2-4-6-16)22-15-17-7-8-18(27-17)28(24,25)23-11-13-26-14-12-23/h2-8H,9-15H2,1H3,(H2,20,21,22). The molecule has 0 saturated carbocycles. The molecule has 1 aromatic carbocycles. The van der Waals surface area contributed by atoms with Crippen LogP contribution in [-0.4, -0.2) is 58.6 Å². The highest BCUT2D eigenvalue weighted by atomic mass is 32.2. The molecule has 1 aliphatic rings. The topological polar surface area (TPSA) is 83.0 Å². The first-order valence-corrected chi connectivity index (χ1v) is 11.5. The molecule has 2 aromatic rings. The number of nitrogens with zero attached hydrogens (tertiary/aromatic N) is 2. The molecule has 2 N–H and O–H groups in total. The first-order chi connectivity index (χ1) is 13.6. The van der Waals surface area contributed by atoms with Crippen molar-refractivity contribution in [3.63, 3.8) is 0 Å². The number of nitrogens with one attached hydrogen (secondary N) is 2. The van der Waals surface area contributed by atoms with Crippen LogP contribution in [0.1, 0.15) is 10.4 Å². The monoisotopic (exact) mass is 422 g/mol. The normalized spacial score (nSPS) is 16.1. The Hall–Kier alpha value is -1.94. The molecule has 2 heterocycles. The molecule has 28 heavy (non-hydrogen) atoms. The molecule has 0 bridgehead atoms. The van der Waals surface area contributed by atoms with Gasteiger partial charge in [0.1, 0.15) is 4.21 Å².